The van der Waals surface area contributed by atoms with Crippen LogP contribution in [0.2, 0.25) is 5.02 Å². The van der Waals surface area contributed by atoms with Gasteiger partial charge in [0.2, 0.25) is 5.78 Å². The molecule has 0 atom stereocenters. The fourth-order valence-corrected chi connectivity index (χ4v) is 2.66. The van der Waals surface area contributed by atoms with Crippen LogP contribution < -0.4 is 21.9 Å². The fourth-order valence-electron chi connectivity index (χ4n) is 2.44. The topological polar surface area (TPSA) is 162 Å². The molecule has 0 heterocycles. The third-order valence-corrected chi connectivity index (χ3v) is 4.31. The van der Waals surface area contributed by atoms with Gasteiger partial charge in [-0.25, -0.2) is 9.98 Å². The number of benzene rings is 2. The number of aliphatic imine (C=N–C) groups is 2. The molecule has 0 aromatic heterocycles. The summed E-state index contributed by atoms with van der Waals surface area (Å²) in [5, 5.41) is 8.43. The third-order valence-electron chi connectivity index (χ3n) is 4.01. The summed E-state index contributed by atoms with van der Waals surface area (Å²) in [5.41, 5.74) is 18.6. The highest BCUT2D eigenvalue weighted by Crippen LogP contribution is 2.30. The molecule has 0 aliphatic carbocycles. The lowest BCUT2D eigenvalue weighted by molar-refractivity contribution is -0.108. The van der Waals surface area contributed by atoms with Crippen LogP contribution in [0.25, 0.3) is 5.70 Å². The molecule has 7 N–H and O–H groups in total. The largest absolute Gasteiger partial charge is 0.490 e. The van der Waals surface area contributed by atoms with E-state index in [0.717, 1.165) is 12.4 Å². The summed E-state index contributed by atoms with van der Waals surface area (Å²) >= 11 is 6.19. The van der Waals surface area contributed by atoms with Crippen molar-refractivity contribution in [3.8, 4) is 5.75 Å². The quantitative estimate of drug-likeness (QED) is 0.145. The van der Waals surface area contributed by atoms with Gasteiger partial charge in [0.25, 0.3) is 0 Å². The Bertz CT molecular complexity index is 1030. The van der Waals surface area contributed by atoms with Crippen LogP contribution in [0, 0.1) is 5.41 Å². The molecule has 162 valence electrons. The second-order valence-electron chi connectivity index (χ2n) is 6.14. The number of carbonyl (C=O) groups excluding carboxylic acids is 1. The Kier molecular flexibility index (Phi) is 8.74. The minimum atomic E-state index is -0.618. The summed E-state index contributed by atoms with van der Waals surface area (Å²) < 4.78 is 10.4. The number of nitrogen functional groups attached to an aromatic ring is 1. The zero-order valence-corrected chi connectivity index (χ0v) is 17.6. The first-order valence-electron chi connectivity index (χ1n) is 9.05. The van der Waals surface area contributed by atoms with E-state index in [2.05, 4.69) is 9.98 Å². The number of ether oxygens (including phenoxy) is 2. The Balaban J connectivity index is 2.16. The highest BCUT2D eigenvalue weighted by molar-refractivity contribution is 6.50. The Morgan fingerprint density at radius 2 is 1.94 bits per heavy atom. The van der Waals surface area contributed by atoms with Crippen LogP contribution >= 0.6 is 11.6 Å². The second kappa shape index (κ2) is 11.5. The average Bonchev–Trinajstić information content (AvgIpc) is 2.76. The number of hydrogen-bond acceptors (Lipinski definition) is 7. The molecule has 0 radical (unpaired) electrons. The van der Waals surface area contributed by atoms with Crippen molar-refractivity contribution < 1.29 is 14.3 Å². The summed E-state index contributed by atoms with van der Waals surface area (Å²) in [6, 6.07) is 9.68. The van der Waals surface area contributed by atoms with Gasteiger partial charge in [-0.3, -0.25) is 10.2 Å². The van der Waals surface area contributed by atoms with Gasteiger partial charge < -0.3 is 26.7 Å². The van der Waals surface area contributed by atoms with E-state index >= 15 is 0 Å². The van der Waals surface area contributed by atoms with E-state index in [0.29, 0.717) is 23.6 Å². The molecule has 2 aromatic rings. The molecule has 0 saturated carbocycles. The maximum absolute atomic E-state index is 12.5. The Labute approximate surface area is 184 Å². The first kappa shape index (κ1) is 23.6. The van der Waals surface area contributed by atoms with Crippen LogP contribution in [0.4, 0.5) is 11.4 Å². The normalized spacial score (nSPS) is 11.9. The van der Waals surface area contributed by atoms with Crippen LogP contribution in [0.15, 0.2) is 52.5 Å². The Hall–Kier alpha value is -3.69. The summed E-state index contributed by atoms with van der Waals surface area (Å²) in [6.45, 7) is 0.667. The van der Waals surface area contributed by atoms with E-state index in [1.807, 2.05) is 0 Å². The van der Waals surface area contributed by atoms with E-state index in [1.165, 1.54) is 18.5 Å². The maximum atomic E-state index is 12.5. The molecule has 0 spiro atoms. The molecule has 2 aromatic carbocycles. The van der Waals surface area contributed by atoms with E-state index in [-0.39, 0.29) is 34.3 Å². The van der Waals surface area contributed by atoms with Crippen molar-refractivity contribution in [2.45, 2.75) is 0 Å². The van der Waals surface area contributed by atoms with Gasteiger partial charge in [0.1, 0.15) is 24.4 Å². The number of ketones is 1. The summed E-state index contributed by atoms with van der Waals surface area (Å²) in [6.07, 6.45) is 3.60. The molecule has 9 nitrogen and oxygen atoms in total. The molecule has 0 saturated heterocycles. The van der Waals surface area contributed by atoms with E-state index in [1.54, 1.807) is 31.4 Å². The van der Waals surface area contributed by atoms with Gasteiger partial charge in [-0.2, -0.15) is 0 Å². The standard InChI is InChI=1S/C21H23ClN6O3/c1-30-6-7-31-20-10-18(25)15(8-16(20)22)21(26)19(29)9-17(24)13-2-4-14(5-3-13)28-12-27-11-23/h2-5,8-12,26H,6-7,24-25H2,1H3,(H2,23,27,28). The molecule has 0 fully saturated rings. The predicted molar refractivity (Wildman–Crippen MR) is 125 cm³/mol. The van der Waals surface area contributed by atoms with E-state index in [9.17, 15) is 4.79 Å². The maximum Gasteiger partial charge on any atom is 0.206 e. The third kappa shape index (κ3) is 6.66. The SMILES string of the molecule is COCCOc1cc(N)c(C(=N)C(=O)C=C(N)c2ccc(N=CN=CN)cc2)cc1Cl. The lowest BCUT2D eigenvalue weighted by Gasteiger charge is -2.12. The monoisotopic (exact) mass is 442 g/mol. The van der Waals surface area contributed by atoms with Crippen molar-refractivity contribution in [3.63, 3.8) is 0 Å². The number of nitrogens with two attached hydrogens (primary N) is 3. The molecule has 0 aliphatic heterocycles. The van der Waals surface area contributed by atoms with Crippen LogP contribution in [0.1, 0.15) is 11.1 Å². The first-order chi connectivity index (χ1) is 14.9. The zero-order valence-electron chi connectivity index (χ0n) is 16.8. The molecule has 0 unspecified atom stereocenters. The van der Waals surface area contributed by atoms with Gasteiger partial charge in [0.15, 0.2) is 0 Å². The van der Waals surface area contributed by atoms with Crippen molar-refractivity contribution in [1.82, 2.24) is 0 Å². The number of methoxy groups -OCH3 is 1. The minimum Gasteiger partial charge on any atom is -0.490 e. The highest BCUT2D eigenvalue weighted by Gasteiger charge is 2.17. The number of carbonyl (C=O) groups is 1. The fraction of sp³-hybridized carbons (Fsp3) is 0.143. The molecule has 0 aliphatic rings. The van der Waals surface area contributed by atoms with Crippen molar-refractivity contribution >= 4 is 52.8 Å². The molecule has 0 amide bonds. The van der Waals surface area contributed by atoms with Gasteiger partial charge in [-0.05, 0) is 23.8 Å². The van der Waals surface area contributed by atoms with Gasteiger partial charge >= 0.3 is 0 Å². The summed E-state index contributed by atoms with van der Waals surface area (Å²) in [4.78, 5) is 20.3. The zero-order chi connectivity index (χ0) is 22.8. The van der Waals surface area contributed by atoms with Crippen LogP contribution in [-0.4, -0.2) is 44.5 Å². The van der Waals surface area contributed by atoms with E-state index < -0.39 is 5.78 Å². The van der Waals surface area contributed by atoms with E-state index in [4.69, 9.17) is 43.7 Å². The Morgan fingerprint density at radius 3 is 2.58 bits per heavy atom. The molecule has 2 rings (SSSR count). The molecule has 10 heteroatoms. The molecular weight excluding hydrogens is 420 g/mol. The molecule has 31 heavy (non-hydrogen) atoms. The van der Waals surface area contributed by atoms with Crippen molar-refractivity contribution in [2.75, 3.05) is 26.1 Å². The number of nitrogens with one attached hydrogen (secondary N) is 1. The number of hydrogen-bond donors (Lipinski definition) is 4. The smallest absolute Gasteiger partial charge is 0.206 e. The predicted octanol–water partition coefficient (Wildman–Crippen LogP) is 2.53. The lowest BCUT2D eigenvalue weighted by Crippen LogP contribution is -2.16. The van der Waals surface area contributed by atoms with Crippen molar-refractivity contribution in [1.29, 1.82) is 5.41 Å². The second-order valence-corrected chi connectivity index (χ2v) is 6.55. The number of nitrogens with zero attached hydrogens (tertiary/aromatic N) is 2. The lowest BCUT2D eigenvalue weighted by atomic mass is 10.0. The summed E-state index contributed by atoms with van der Waals surface area (Å²) in [7, 11) is 1.55. The highest BCUT2D eigenvalue weighted by atomic mass is 35.5. The first-order valence-corrected chi connectivity index (χ1v) is 9.42. The number of anilines is 1. The van der Waals surface area contributed by atoms with Crippen molar-refractivity contribution in [3.05, 3.63) is 58.6 Å². The number of rotatable bonds is 10. The molecule has 0 bridgehead atoms. The average molecular weight is 443 g/mol. The number of halogens is 1. The van der Waals surface area contributed by atoms with Crippen LogP contribution in [0.3, 0.4) is 0 Å². The van der Waals surface area contributed by atoms with Gasteiger partial charge in [-0.15, -0.1) is 0 Å². The molecular formula is C21H23ClN6O3. The van der Waals surface area contributed by atoms with Gasteiger partial charge in [-0.1, -0.05) is 23.7 Å². The van der Waals surface area contributed by atoms with Crippen LogP contribution in [0.5, 0.6) is 5.75 Å². The van der Waals surface area contributed by atoms with Crippen LogP contribution in [-0.2, 0) is 9.53 Å². The van der Waals surface area contributed by atoms with Gasteiger partial charge in [0, 0.05) is 36.2 Å². The van der Waals surface area contributed by atoms with Crippen molar-refractivity contribution in [2.24, 2.45) is 21.5 Å². The number of allylic oxidation sites excluding steroid dienone is 1. The summed E-state index contributed by atoms with van der Waals surface area (Å²) in [5.74, 6) is -0.275. The minimum absolute atomic E-state index is 0.184. The Morgan fingerprint density at radius 1 is 1.23 bits per heavy atom. The van der Waals surface area contributed by atoms with Gasteiger partial charge in [0.05, 0.1) is 23.7 Å².